The second-order valence-electron chi connectivity index (χ2n) is 1.67. The molecule has 0 fully saturated rings. The number of hydrogen-bond donors (Lipinski definition) is 3. The van der Waals surface area contributed by atoms with E-state index < -0.39 is 11.8 Å². The standard InChI is InChI=1S/C5H5N3O3/c9-4-3(5(10)8-11)6-1-2-7-4/h1-2,11H,(H,7,9)(H,8,10). The van der Waals surface area contributed by atoms with Crippen LogP contribution in [0, 0.1) is 0 Å². The Balaban J connectivity index is 3.03. The predicted molar refractivity (Wildman–Crippen MR) is 32.9 cm³/mol. The Morgan fingerprint density at radius 2 is 2.09 bits per heavy atom. The largest absolute Gasteiger partial charge is 0.492 e. The van der Waals surface area contributed by atoms with Gasteiger partial charge >= 0.3 is 0 Å². The topological polar surface area (TPSA) is 95.3 Å². The molecule has 3 N–H and O–H groups in total. The molecule has 0 atom stereocenters. The van der Waals surface area contributed by atoms with E-state index in [0.29, 0.717) is 0 Å². The molecular weight excluding hydrogens is 150 g/mol. The molecule has 6 nitrogen and oxygen atoms in total. The smallest absolute Gasteiger partial charge is 0.298 e. The van der Waals surface area contributed by atoms with Crippen molar-refractivity contribution >= 4 is 5.91 Å². The number of nitrogens with one attached hydrogen (secondary N) is 1. The summed E-state index contributed by atoms with van der Waals surface area (Å²) >= 11 is 0. The van der Waals surface area contributed by atoms with Crippen molar-refractivity contribution in [2.45, 2.75) is 0 Å². The zero-order valence-electron chi connectivity index (χ0n) is 5.35. The molecule has 1 heterocycles. The summed E-state index contributed by atoms with van der Waals surface area (Å²) in [6.45, 7) is 0. The maximum Gasteiger partial charge on any atom is 0.298 e. The number of hydroxylamine groups is 1. The Morgan fingerprint density at radius 1 is 1.45 bits per heavy atom. The van der Waals surface area contributed by atoms with Crippen molar-refractivity contribution in [3.63, 3.8) is 0 Å². The lowest BCUT2D eigenvalue weighted by Crippen LogP contribution is -2.20. The van der Waals surface area contributed by atoms with Crippen molar-refractivity contribution < 1.29 is 15.1 Å². The zero-order valence-corrected chi connectivity index (χ0v) is 5.35. The first kappa shape index (κ1) is 7.42. The highest BCUT2D eigenvalue weighted by Crippen LogP contribution is 2.06. The van der Waals surface area contributed by atoms with Gasteiger partial charge in [-0.25, -0.2) is 15.4 Å². The molecule has 1 aromatic heterocycles. The summed E-state index contributed by atoms with van der Waals surface area (Å²) in [5, 5.41) is 17.0. The lowest BCUT2D eigenvalue weighted by molar-refractivity contribution is 0.0696. The van der Waals surface area contributed by atoms with E-state index in [9.17, 15) is 4.79 Å². The highest BCUT2D eigenvalue weighted by Gasteiger charge is 2.11. The molecule has 0 bridgehead atoms. The van der Waals surface area contributed by atoms with Gasteiger partial charge in [-0.1, -0.05) is 0 Å². The molecule has 0 aliphatic heterocycles. The molecule has 0 aliphatic rings. The molecular formula is C5H5N3O3. The van der Waals surface area contributed by atoms with E-state index in [2.05, 4.69) is 9.97 Å². The van der Waals surface area contributed by atoms with Crippen LogP contribution in [0.25, 0.3) is 0 Å². The summed E-state index contributed by atoms with van der Waals surface area (Å²) in [7, 11) is 0. The van der Waals surface area contributed by atoms with E-state index in [1.165, 1.54) is 17.9 Å². The normalized spacial score (nSPS) is 9.18. The molecule has 0 aliphatic carbocycles. The quantitative estimate of drug-likeness (QED) is 0.368. The average Bonchev–Trinajstić information content (AvgIpc) is 2.04. The lowest BCUT2D eigenvalue weighted by Gasteiger charge is -1.97. The van der Waals surface area contributed by atoms with Gasteiger partial charge < -0.3 is 5.11 Å². The Kier molecular flexibility index (Phi) is 1.98. The van der Waals surface area contributed by atoms with Crippen LogP contribution in [0.3, 0.4) is 0 Å². The van der Waals surface area contributed by atoms with Gasteiger partial charge in [0.05, 0.1) is 0 Å². The van der Waals surface area contributed by atoms with Gasteiger partial charge in [0, 0.05) is 12.4 Å². The molecule has 0 saturated carbocycles. The minimum Gasteiger partial charge on any atom is -0.492 e. The number of amides is 1. The van der Waals surface area contributed by atoms with Crippen molar-refractivity contribution in [2.24, 2.45) is 0 Å². The van der Waals surface area contributed by atoms with Crippen LogP contribution in [-0.4, -0.2) is 26.2 Å². The molecule has 58 valence electrons. The lowest BCUT2D eigenvalue weighted by atomic mass is 10.4. The second-order valence-corrected chi connectivity index (χ2v) is 1.67. The molecule has 6 heteroatoms. The van der Waals surface area contributed by atoms with Gasteiger partial charge in [0.1, 0.15) is 0 Å². The molecule has 0 unspecified atom stereocenters. The van der Waals surface area contributed by atoms with Gasteiger partial charge in [0.2, 0.25) is 5.88 Å². The SMILES string of the molecule is O=C(NO)c1nccnc1O. The van der Waals surface area contributed by atoms with Gasteiger partial charge in [0.15, 0.2) is 5.69 Å². The van der Waals surface area contributed by atoms with Crippen LogP contribution < -0.4 is 5.48 Å². The molecule has 1 rings (SSSR count). The van der Waals surface area contributed by atoms with E-state index in [0.717, 1.165) is 0 Å². The molecule has 11 heavy (non-hydrogen) atoms. The molecule has 0 aromatic carbocycles. The third kappa shape index (κ3) is 1.41. The maximum absolute atomic E-state index is 10.6. The van der Waals surface area contributed by atoms with Gasteiger partial charge in [-0.05, 0) is 0 Å². The van der Waals surface area contributed by atoms with Crippen LogP contribution in [0.2, 0.25) is 0 Å². The van der Waals surface area contributed by atoms with Crippen LogP contribution in [-0.2, 0) is 0 Å². The van der Waals surface area contributed by atoms with Gasteiger partial charge in [-0.3, -0.25) is 10.0 Å². The number of rotatable bonds is 1. The Labute approximate surface area is 61.5 Å². The summed E-state index contributed by atoms with van der Waals surface area (Å²) in [6.07, 6.45) is 2.45. The first-order valence-corrected chi connectivity index (χ1v) is 2.70. The van der Waals surface area contributed by atoms with Gasteiger partial charge in [-0.2, -0.15) is 0 Å². The maximum atomic E-state index is 10.6. The third-order valence-corrected chi connectivity index (χ3v) is 0.996. The summed E-state index contributed by atoms with van der Waals surface area (Å²) in [5.41, 5.74) is 1.01. The minimum atomic E-state index is -0.893. The predicted octanol–water partition coefficient (Wildman–Crippen LogP) is -0.699. The summed E-state index contributed by atoms with van der Waals surface area (Å²) in [4.78, 5) is 17.4. The third-order valence-electron chi connectivity index (χ3n) is 0.996. The van der Waals surface area contributed by atoms with Crippen LogP contribution in [0.4, 0.5) is 0 Å². The number of aromatic nitrogens is 2. The van der Waals surface area contributed by atoms with E-state index in [1.807, 2.05) is 0 Å². The van der Waals surface area contributed by atoms with E-state index >= 15 is 0 Å². The number of aromatic hydroxyl groups is 1. The van der Waals surface area contributed by atoms with Crippen LogP contribution >= 0.6 is 0 Å². The molecule has 1 aromatic rings. The van der Waals surface area contributed by atoms with E-state index in [1.54, 1.807) is 0 Å². The molecule has 1 amide bonds. The summed E-state index contributed by atoms with van der Waals surface area (Å²) in [6, 6.07) is 0. The summed E-state index contributed by atoms with van der Waals surface area (Å²) in [5.74, 6) is -1.41. The minimum absolute atomic E-state index is 0.310. The Hall–Kier alpha value is -1.69. The van der Waals surface area contributed by atoms with Crippen molar-refractivity contribution in [3.8, 4) is 5.88 Å². The fraction of sp³-hybridized carbons (Fsp3) is 0. The first-order valence-electron chi connectivity index (χ1n) is 2.70. The van der Waals surface area contributed by atoms with Crippen molar-refractivity contribution in [1.29, 1.82) is 0 Å². The zero-order chi connectivity index (χ0) is 8.27. The summed E-state index contributed by atoms with van der Waals surface area (Å²) < 4.78 is 0. The van der Waals surface area contributed by atoms with Crippen LogP contribution in [0.1, 0.15) is 10.5 Å². The second kappa shape index (κ2) is 2.93. The number of carbonyl (C=O) groups is 1. The molecule has 0 radical (unpaired) electrons. The number of carbonyl (C=O) groups excluding carboxylic acids is 1. The fourth-order valence-electron chi connectivity index (χ4n) is 0.544. The molecule has 0 saturated heterocycles. The Morgan fingerprint density at radius 3 is 2.64 bits per heavy atom. The van der Waals surface area contributed by atoms with Crippen molar-refractivity contribution in [3.05, 3.63) is 18.1 Å². The molecule has 0 spiro atoms. The highest BCUT2D eigenvalue weighted by atomic mass is 16.5. The number of nitrogens with zero attached hydrogens (tertiary/aromatic N) is 2. The van der Waals surface area contributed by atoms with Crippen LogP contribution in [0.5, 0.6) is 5.88 Å². The first-order chi connectivity index (χ1) is 5.25. The average molecular weight is 155 g/mol. The van der Waals surface area contributed by atoms with E-state index in [-0.39, 0.29) is 5.69 Å². The van der Waals surface area contributed by atoms with E-state index in [4.69, 9.17) is 10.3 Å². The number of hydrogen-bond acceptors (Lipinski definition) is 5. The van der Waals surface area contributed by atoms with Crippen molar-refractivity contribution in [2.75, 3.05) is 0 Å². The van der Waals surface area contributed by atoms with Gasteiger partial charge in [-0.15, -0.1) is 0 Å². The van der Waals surface area contributed by atoms with Crippen LogP contribution in [0.15, 0.2) is 12.4 Å². The fourth-order valence-corrected chi connectivity index (χ4v) is 0.544. The highest BCUT2D eigenvalue weighted by molar-refractivity contribution is 5.93. The Bertz CT molecular complexity index is 275. The monoisotopic (exact) mass is 155 g/mol. The van der Waals surface area contributed by atoms with Crippen molar-refractivity contribution in [1.82, 2.24) is 15.4 Å². The van der Waals surface area contributed by atoms with Gasteiger partial charge in [0.25, 0.3) is 5.91 Å².